The van der Waals surface area contributed by atoms with E-state index in [9.17, 15) is 14.4 Å². The number of carbonyl (C=O) groups is 3. The van der Waals surface area contributed by atoms with E-state index >= 15 is 0 Å². The number of amides is 2. The third-order valence-corrected chi connectivity index (χ3v) is 14.9. The molecule has 0 radical (unpaired) electrons. The summed E-state index contributed by atoms with van der Waals surface area (Å²) in [6, 6.07) is 2.25. The van der Waals surface area contributed by atoms with Crippen LogP contribution in [0.2, 0.25) is 38.3 Å². The van der Waals surface area contributed by atoms with E-state index in [-0.39, 0.29) is 36.8 Å². The molecule has 1 heterocycles. The van der Waals surface area contributed by atoms with Crippen LogP contribution in [0.3, 0.4) is 0 Å². The number of imide groups is 1. The molecule has 1 aliphatic heterocycles. The van der Waals surface area contributed by atoms with Crippen molar-refractivity contribution >= 4 is 34.4 Å². The topological polar surface area (TPSA) is 82.1 Å². The minimum atomic E-state index is -1.72. The second kappa shape index (κ2) is 14.6. The fourth-order valence-corrected chi connectivity index (χ4v) is 14.9. The molecule has 0 N–H and O–H groups in total. The number of esters is 1. The predicted molar refractivity (Wildman–Crippen MR) is 152 cm³/mol. The molecule has 0 aromatic heterocycles. The van der Waals surface area contributed by atoms with E-state index in [1.54, 1.807) is 0 Å². The lowest BCUT2D eigenvalue weighted by molar-refractivity contribution is -0.154. The SMILES string of the molecule is CC=CC1CC(C=CC)C2C(=O)N(CC(=O)OCCOCCC[Si](C)(C)O[Si](C)(C)CCCC)C(=O)C12. The number of rotatable bonds is 16. The highest BCUT2D eigenvalue weighted by Gasteiger charge is 2.57. The summed E-state index contributed by atoms with van der Waals surface area (Å²) in [5.74, 6) is -1.83. The van der Waals surface area contributed by atoms with Gasteiger partial charge in [-0.1, -0.05) is 44.1 Å². The van der Waals surface area contributed by atoms with Crippen LogP contribution < -0.4 is 0 Å². The van der Waals surface area contributed by atoms with Crippen molar-refractivity contribution in [1.29, 1.82) is 0 Å². The molecule has 0 bridgehead atoms. The summed E-state index contributed by atoms with van der Waals surface area (Å²) in [5.41, 5.74) is 0. The molecule has 210 valence electrons. The Morgan fingerprint density at radius 3 is 1.95 bits per heavy atom. The van der Waals surface area contributed by atoms with Gasteiger partial charge in [-0.05, 0) is 76.8 Å². The number of allylic oxidation sites excluding steroid dienone is 4. The minimum absolute atomic E-state index is 0.0188. The molecule has 4 atom stereocenters. The Labute approximate surface area is 226 Å². The van der Waals surface area contributed by atoms with Crippen LogP contribution in [0.25, 0.3) is 0 Å². The zero-order chi connectivity index (χ0) is 27.6. The van der Waals surface area contributed by atoms with Crippen LogP contribution in [0.4, 0.5) is 0 Å². The summed E-state index contributed by atoms with van der Waals surface area (Å²) in [5, 5.41) is 0. The van der Waals surface area contributed by atoms with Gasteiger partial charge in [0, 0.05) is 6.61 Å². The number of hydrogen-bond acceptors (Lipinski definition) is 6. The maximum absolute atomic E-state index is 13.0. The quantitative estimate of drug-likeness (QED) is 0.0822. The van der Waals surface area contributed by atoms with Crippen molar-refractivity contribution in [3.05, 3.63) is 24.3 Å². The number of nitrogens with zero attached hydrogens (tertiary/aromatic N) is 1. The first-order chi connectivity index (χ1) is 17.5. The van der Waals surface area contributed by atoms with E-state index in [2.05, 4.69) is 33.1 Å². The number of unbranched alkanes of at least 4 members (excludes halogenated alkanes) is 1. The Morgan fingerprint density at radius 1 is 0.892 bits per heavy atom. The zero-order valence-corrected chi connectivity index (χ0v) is 26.1. The average molecular weight is 552 g/mol. The van der Waals surface area contributed by atoms with Gasteiger partial charge in [-0.2, -0.15) is 0 Å². The third kappa shape index (κ3) is 9.30. The van der Waals surface area contributed by atoms with Gasteiger partial charge in [0.05, 0.1) is 18.4 Å². The molecule has 0 aromatic carbocycles. The fraction of sp³-hybridized carbons (Fsp3) is 0.750. The van der Waals surface area contributed by atoms with Gasteiger partial charge in [-0.25, -0.2) is 0 Å². The third-order valence-electron chi connectivity index (χ3n) is 7.37. The molecule has 0 aromatic rings. The zero-order valence-electron chi connectivity index (χ0n) is 24.1. The largest absolute Gasteiger partial charge is 0.462 e. The molecular formula is C28H49NO6Si2. The number of hydrogen-bond donors (Lipinski definition) is 0. The lowest BCUT2D eigenvalue weighted by Gasteiger charge is -2.34. The van der Waals surface area contributed by atoms with Crippen LogP contribution in [0.15, 0.2) is 24.3 Å². The average Bonchev–Trinajstić information content (AvgIpc) is 3.28. The standard InChI is InChI=1S/C28H49NO6Si2/c1-8-11-18-36(4,5)35-37(6,7)19-12-15-33-16-17-34-24(30)21-29-27(31)25-22(13-9-2)20-23(14-10-3)26(25)28(29)32/h9-10,13-14,22-23,25-26H,8,11-12,15-21H2,1-7H3. The Kier molecular flexibility index (Phi) is 12.5. The fourth-order valence-electron chi connectivity index (χ4n) is 5.87. The summed E-state index contributed by atoms with van der Waals surface area (Å²) in [4.78, 5) is 39.6. The highest BCUT2D eigenvalue weighted by atomic mass is 28.4. The number of fused-ring (bicyclic) bond motifs is 1. The van der Waals surface area contributed by atoms with Gasteiger partial charge in [0.15, 0.2) is 16.6 Å². The number of carbonyl (C=O) groups excluding carboxylic acids is 3. The first-order valence-electron chi connectivity index (χ1n) is 14.0. The number of likely N-dealkylation sites (tertiary alicyclic amines) is 1. The van der Waals surface area contributed by atoms with Crippen molar-refractivity contribution in [1.82, 2.24) is 4.90 Å². The highest BCUT2D eigenvalue weighted by molar-refractivity contribution is 6.84. The highest BCUT2D eigenvalue weighted by Crippen LogP contribution is 2.48. The van der Waals surface area contributed by atoms with Gasteiger partial charge in [0.25, 0.3) is 0 Å². The molecule has 1 aliphatic carbocycles. The molecule has 2 aliphatic rings. The van der Waals surface area contributed by atoms with Crippen LogP contribution in [0.1, 0.15) is 46.5 Å². The Bertz CT molecular complexity index is 805. The lowest BCUT2D eigenvalue weighted by atomic mass is 9.89. The van der Waals surface area contributed by atoms with E-state index in [0.29, 0.717) is 13.2 Å². The van der Waals surface area contributed by atoms with Crippen LogP contribution in [0, 0.1) is 23.7 Å². The van der Waals surface area contributed by atoms with E-state index in [1.165, 1.54) is 18.9 Å². The summed E-state index contributed by atoms with van der Waals surface area (Å²) in [7, 11) is -3.32. The molecule has 37 heavy (non-hydrogen) atoms. The molecule has 1 saturated carbocycles. The maximum Gasteiger partial charge on any atom is 0.326 e. The van der Waals surface area contributed by atoms with Crippen LogP contribution in [-0.2, 0) is 28.0 Å². The van der Waals surface area contributed by atoms with Crippen LogP contribution in [0.5, 0.6) is 0 Å². The first kappa shape index (κ1) is 31.7. The Morgan fingerprint density at radius 2 is 1.43 bits per heavy atom. The first-order valence-corrected chi connectivity index (χ1v) is 20.2. The molecule has 7 nitrogen and oxygen atoms in total. The normalized spacial score (nSPS) is 24.6. The van der Waals surface area contributed by atoms with Crippen molar-refractivity contribution in [3.63, 3.8) is 0 Å². The molecule has 9 heteroatoms. The molecule has 2 rings (SSSR count). The minimum Gasteiger partial charge on any atom is -0.462 e. The Balaban J connectivity index is 1.71. The second-order valence-electron chi connectivity index (χ2n) is 11.6. The van der Waals surface area contributed by atoms with Crippen LogP contribution in [-0.4, -0.2) is 65.7 Å². The van der Waals surface area contributed by atoms with Crippen molar-refractivity contribution in [2.45, 2.75) is 84.7 Å². The van der Waals surface area contributed by atoms with Gasteiger partial charge >= 0.3 is 5.97 Å². The van der Waals surface area contributed by atoms with Gasteiger partial charge < -0.3 is 13.6 Å². The molecule has 4 unspecified atom stereocenters. The van der Waals surface area contributed by atoms with Gasteiger partial charge in [0.1, 0.15) is 13.2 Å². The summed E-state index contributed by atoms with van der Waals surface area (Å²) in [6.07, 6.45) is 12.0. The van der Waals surface area contributed by atoms with Crippen molar-refractivity contribution in [2.75, 3.05) is 26.4 Å². The van der Waals surface area contributed by atoms with Gasteiger partial charge in [-0.15, -0.1) is 0 Å². The van der Waals surface area contributed by atoms with Crippen molar-refractivity contribution in [2.24, 2.45) is 23.7 Å². The number of ether oxygens (including phenoxy) is 2. The summed E-state index contributed by atoms with van der Waals surface area (Å²) in [6.45, 7) is 15.9. The maximum atomic E-state index is 13.0. The van der Waals surface area contributed by atoms with E-state index < -0.39 is 34.4 Å². The molecule has 0 spiro atoms. The van der Waals surface area contributed by atoms with Gasteiger partial charge in [0.2, 0.25) is 11.8 Å². The van der Waals surface area contributed by atoms with E-state index in [0.717, 1.165) is 23.8 Å². The van der Waals surface area contributed by atoms with E-state index in [1.807, 2.05) is 38.2 Å². The van der Waals surface area contributed by atoms with Gasteiger partial charge in [-0.3, -0.25) is 19.3 Å². The molecule has 2 amide bonds. The smallest absolute Gasteiger partial charge is 0.326 e. The van der Waals surface area contributed by atoms with Crippen LogP contribution >= 0.6 is 0 Å². The molecular weight excluding hydrogens is 502 g/mol. The lowest BCUT2D eigenvalue weighted by Crippen LogP contribution is -2.44. The molecule has 1 saturated heterocycles. The molecule has 2 fully saturated rings. The monoisotopic (exact) mass is 551 g/mol. The van der Waals surface area contributed by atoms with Crippen molar-refractivity contribution < 1.29 is 28.0 Å². The van der Waals surface area contributed by atoms with E-state index in [4.69, 9.17) is 13.6 Å². The predicted octanol–water partition coefficient (Wildman–Crippen LogP) is 5.55. The Hall–Kier alpha value is -1.56. The summed E-state index contributed by atoms with van der Waals surface area (Å²) >= 11 is 0. The second-order valence-corrected chi connectivity index (χ2v) is 20.4. The van der Waals surface area contributed by atoms with Crippen molar-refractivity contribution in [3.8, 4) is 0 Å². The summed E-state index contributed by atoms with van der Waals surface area (Å²) < 4.78 is 17.6.